The van der Waals surface area contributed by atoms with Crippen molar-refractivity contribution in [3.8, 4) is 11.8 Å². The molecular formula is C18H25N3O2. The number of carbonyl (C=O) groups is 1. The predicted octanol–water partition coefficient (Wildman–Crippen LogP) is 2.32. The second-order valence-electron chi connectivity index (χ2n) is 6.01. The fraction of sp³-hybridized carbons (Fsp3) is 0.556. The van der Waals surface area contributed by atoms with Gasteiger partial charge in [0, 0.05) is 19.1 Å². The number of nitrogens with one attached hydrogen (secondary N) is 1. The highest BCUT2D eigenvalue weighted by Crippen LogP contribution is 2.16. The first-order valence-corrected chi connectivity index (χ1v) is 8.33. The number of nitriles is 1. The molecule has 1 aliphatic heterocycles. The number of likely N-dealkylation sites (tertiary alicyclic amines) is 1. The van der Waals surface area contributed by atoms with Crippen molar-refractivity contribution >= 4 is 5.91 Å². The minimum atomic E-state index is -0.110. The molecule has 1 fully saturated rings. The molecule has 0 spiro atoms. The number of nitrogens with zero attached hydrogens (tertiary/aromatic N) is 2. The van der Waals surface area contributed by atoms with E-state index in [4.69, 9.17) is 10.00 Å². The van der Waals surface area contributed by atoms with Gasteiger partial charge in [-0.25, -0.2) is 0 Å². The number of hydrogen-bond donors (Lipinski definition) is 1. The summed E-state index contributed by atoms with van der Waals surface area (Å²) in [5.74, 6) is 0.488. The summed E-state index contributed by atoms with van der Waals surface area (Å²) in [5, 5.41) is 11.6. The zero-order valence-corrected chi connectivity index (χ0v) is 13.8. The molecule has 124 valence electrons. The van der Waals surface area contributed by atoms with Gasteiger partial charge in [-0.05, 0) is 57.0 Å². The van der Waals surface area contributed by atoms with Crippen molar-refractivity contribution in [3.05, 3.63) is 29.8 Å². The zero-order chi connectivity index (χ0) is 16.5. The summed E-state index contributed by atoms with van der Waals surface area (Å²) in [5.41, 5.74) is 0.578. The van der Waals surface area contributed by atoms with Crippen LogP contribution in [0.3, 0.4) is 0 Å². The summed E-state index contributed by atoms with van der Waals surface area (Å²) in [6.07, 6.45) is 4.87. The maximum absolute atomic E-state index is 11.8. The molecule has 1 amide bonds. The summed E-state index contributed by atoms with van der Waals surface area (Å²) in [4.78, 5) is 14.3. The third kappa shape index (κ3) is 5.91. The highest BCUT2D eigenvalue weighted by molar-refractivity contribution is 5.77. The fourth-order valence-electron chi connectivity index (χ4n) is 2.83. The lowest BCUT2D eigenvalue weighted by Gasteiger charge is -2.33. The SMILES string of the molecule is C[C@H]1CCCCN1CCCNC(=O)COc1ccc(C#N)cc1. The maximum Gasteiger partial charge on any atom is 0.257 e. The van der Waals surface area contributed by atoms with E-state index in [2.05, 4.69) is 17.1 Å². The molecule has 0 unspecified atom stereocenters. The van der Waals surface area contributed by atoms with Crippen LogP contribution in [0.4, 0.5) is 0 Å². The summed E-state index contributed by atoms with van der Waals surface area (Å²) >= 11 is 0. The maximum atomic E-state index is 11.8. The Bertz CT molecular complexity index is 536. The molecule has 23 heavy (non-hydrogen) atoms. The van der Waals surface area contributed by atoms with Gasteiger partial charge in [0.05, 0.1) is 11.6 Å². The minimum Gasteiger partial charge on any atom is -0.484 e. The number of rotatable bonds is 7. The Kier molecular flexibility index (Phi) is 6.89. The monoisotopic (exact) mass is 315 g/mol. The van der Waals surface area contributed by atoms with Gasteiger partial charge < -0.3 is 15.0 Å². The highest BCUT2D eigenvalue weighted by atomic mass is 16.5. The number of piperidine rings is 1. The van der Waals surface area contributed by atoms with E-state index in [1.807, 2.05) is 6.07 Å². The number of benzene rings is 1. The molecule has 2 rings (SSSR count). The van der Waals surface area contributed by atoms with E-state index in [0.717, 1.165) is 13.0 Å². The Hall–Kier alpha value is -2.06. The van der Waals surface area contributed by atoms with Crippen molar-refractivity contribution in [2.45, 2.75) is 38.6 Å². The van der Waals surface area contributed by atoms with Crippen molar-refractivity contribution in [2.24, 2.45) is 0 Å². The standard InChI is InChI=1S/C18H25N3O2/c1-15-5-2-3-11-21(15)12-4-10-20-18(22)14-23-17-8-6-16(13-19)7-9-17/h6-9,15H,2-5,10-12,14H2,1H3,(H,20,22)/t15-/m0/s1. The number of amides is 1. The van der Waals surface area contributed by atoms with Gasteiger partial charge in [-0.1, -0.05) is 6.42 Å². The van der Waals surface area contributed by atoms with E-state index < -0.39 is 0 Å². The van der Waals surface area contributed by atoms with Crippen molar-refractivity contribution in [1.29, 1.82) is 5.26 Å². The van der Waals surface area contributed by atoms with E-state index in [0.29, 0.717) is 23.9 Å². The lowest BCUT2D eigenvalue weighted by Crippen LogP contribution is -2.39. The van der Waals surface area contributed by atoms with Crippen molar-refractivity contribution in [2.75, 3.05) is 26.2 Å². The van der Waals surface area contributed by atoms with Gasteiger partial charge in [-0.2, -0.15) is 5.26 Å². The van der Waals surface area contributed by atoms with Crippen LogP contribution in [0, 0.1) is 11.3 Å². The van der Waals surface area contributed by atoms with Gasteiger partial charge in [-0.15, -0.1) is 0 Å². The van der Waals surface area contributed by atoms with Gasteiger partial charge in [0.2, 0.25) is 0 Å². The molecule has 1 atom stereocenters. The topological polar surface area (TPSA) is 65.4 Å². The Morgan fingerprint density at radius 3 is 2.87 bits per heavy atom. The molecule has 0 aliphatic carbocycles. The zero-order valence-electron chi connectivity index (χ0n) is 13.8. The summed E-state index contributed by atoms with van der Waals surface area (Å²) in [6, 6.07) is 9.45. The second kappa shape index (κ2) is 9.16. The number of ether oxygens (including phenoxy) is 1. The Morgan fingerprint density at radius 2 is 2.17 bits per heavy atom. The van der Waals surface area contributed by atoms with Crippen LogP contribution >= 0.6 is 0 Å². The third-order valence-corrected chi connectivity index (χ3v) is 4.24. The van der Waals surface area contributed by atoms with E-state index in [1.165, 1.54) is 25.8 Å². The largest absolute Gasteiger partial charge is 0.484 e. The van der Waals surface area contributed by atoms with Crippen LogP contribution in [0.2, 0.25) is 0 Å². The molecule has 1 aliphatic rings. The molecule has 1 N–H and O–H groups in total. The molecular weight excluding hydrogens is 290 g/mol. The first kappa shape index (κ1) is 17.3. The predicted molar refractivity (Wildman–Crippen MR) is 89.2 cm³/mol. The summed E-state index contributed by atoms with van der Waals surface area (Å²) < 4.78 is 5.40. The second-order valence-corrected chi connectivity index (χ2v) is 6.01. The molecule has 0 aromatic heterocycles. The number of hydrogen-bond acceptors (Lipinski definition) is 4. The molecule has 1 heterocycles. The van der Waals surface area contributed by atoms with Crippen LogP contribution in [0.5, 0.6) is 5.75 Å². The first-order chi connectivity index (χ1) is 11.2. The van der Waals surface area contributed by atoms with E-state index in [-0.39, 0.29) is 12.5 Å². The first-order valence-electron chi connectivity index (χ1n) is 8.33. The molecule has 0 saturated carbocycles. The Morgan fingerprint density at radius 1 is 1.39 bits per heavy atom. The van der Waals surface area contributed by atoms with E-state index in [1.54, 1.807) is 24.3 Å². The molecule has 0 radical (unpaired) electrons. The van der Waals surface area contributed by atoms with Crippen LogP contribution in [0.25, 0.3) is 0 Å². The highest BCUT2D eigenvalue weighted by Gasteiger charge is 2.17. The van der Waals surface area contributed by atoms with Gasteiger partial charge in [0.15, 0.2) is 6.61 Å². The average molecular weight is 315 g/mol. The third-order valence-electron chi connectivity index (χ3n) is 4.24. The van der Waals surface area contributed by atoms with Gasteiger partial charge in [0.1, 0.15) is 5.75 Å². The Labute approximate surface area is 138 Å². The summed E-state index contributed by atoms with van der Waals surface area (Å²) in [7, 11) is 0. The van der Waals surface area contributed by atoms with E-state index >= 15 is 0 Å². The Balaban J connectivity index is 1.58. The molecule has 5 heteroatoms. The van der Waals surface area contributed by atoms with Gasteiger partial charge in [0.25, 0.3) is 5.91 Å². The lowest BCUT2D eigenvalue weighted by atomic mass is 10.0. The molecule has 1 saturated heterocycles. The van der Waals surface area contributed by atoms with Gasteiger partial charge in [-0.3, -0.25) is 4.79 Å². The minimum absolute atomic E-state index is 0.00597. The van der Waals surface area contributed by atoms with Crippen LogP contribution in [-0.4, -0.2) is 43.1 Å². The van der Waals surface area contributed by atoms with Crippen LogP contribution in [0.1, 0.15) is 38.2 Å². The molecule has 1 aromatic rings. The molecule has 5 nitrogen and oxygen atoms in total. The van der Waals surface area contributed by atoms with E-state index in [9.17, 15) is 4.79 Å². The smallest absolute Gasteiger partial charge is 0.257 e. The molecule has 0 bridgehead atoms. The van der Waals surface area contributed by atoms with Crippen molar-refractivity contribution in [3.63, 3.8) is 0 Å². The average Bonchev–Trinajstić information content (AvgIpc) is 2.59. The van der Waals surface area contributed by atoms with Gasteiger partial charge >= 0.3 is 0 Å². The lowest BCUT2D eigenvalue weighted by molar-refractivity contribution is -0.123. The normalized spacial score (nSPS) is 18.2. The van der Waals surface area contributed by atoms with Crippen LogP contribution in [-0.2, 0) is 4.79 Å². The van der Waals surface area contributed by atoms with Crippen LogP contribution in [0.15, 0.2) is 24.3 Å². The van der Waals surface area contributed by atoms with Crippen molar-refractivity contribution < 1.29 is 9.53 Å². The molecule has 1 aromatic carbocycles. The van der Waals surface area contributed by atoms with Crippen molar-refractivity contribution in [1.82, 2.24) is 10.2 Å². The number of carbonyl (C=O) groups excluding carboxylic acids is 1. The quantitative estimate of drug-likeness (QED) is 0.784. The summed E-state index contributed by atoms with van der Waals surface area (Å²) in [6.45, 7) is 5.18. The van der Waals surface area contributed by atoms with Crippen LogP contribution < -0.4 is 10.1 Å². The fourth-order valence-corrected chi connectivity index (χ4v) is 2.83.